The van der Waals surface area contributed by atoms with E-state index in [0.29, 0.717) is 39.3 Å². The minimum Gasteiger partial charge on any atom is -0.492 e. The van der Waals surface area contributed by atoms with E-state index in [0.717, 1.165) is 0 Å². The zero-order valence-electron chi connectivity index (χ0n) is 11.3. The van der Waals surface area contributed by atoms with Gasteiger partial charge in [0.1, 0.15) is 5.75 Å². The molecule has 0 aliphatic carbocycles. The van der Waals surface area contributed by atoms with Crippen LogP contribution in [0, 0.1) is 0 Å². The van der Waals surface area contributed by atoms with Gasteiger partial charge in [0.25, 0.3) is 5.91 Å². The maximum atomic E-state index is 12.1. The van der Waals surface area contributed by atoms with Crippen molar-refractivity contribution < 1.29 is 9.53 Å². The van der Waals surface area contributed by atoms with E-state index in [1.807, 2.05) is 6.92 Å². The number of hydrogen-bond donors (Lipinski definition) is 2. The maximum Gasteiger partial charge on any atom is 0.255 e. The summed E-state index contributed by atoms with van der Waals surface area (Å²) in [5, 5.41) is 3.57. The third kappa shape index (κ3) is 4.03. The van der Waals surface area contributed by atoms with E-state index in [4.69, 9.17) is 33.7 Å². The minimum atomic E-state index is -0.315. The van der Waals surface area contributed by atoms with Crippen LogP contribution in [0.1, 0.15) is 17.3 Å². The highest BCUT2D eigenvalue weighted by Gasteiger charge is 2.09. The Labute approximate surface area is 132 Å². The molecule has 110 valence electrons. The van der Waals surface area contributed by atoms with Gasteiger partial charge in [-0.1, -0.05) is 23.2 Å². The second-order valence-corrected chi connectivity index (χ2v) is 5.15. The summed E-state index contributed by atoms with van der Waals surface area (Å²) in [6.45, 7) is 2.39. The number of carbonyl (C=O) groups excluding carboxylic acids is 1. The first-order valence-electron chi connectivity index (χ1n) is 6.29. The summed E-state index contributed by atoms with van der Waals surface area (Å²) in [6, 6.07) is 9.71. The van der Waals surface area contributed by atoms with Crippen LogP contribution in [0.2, 0.25) is 10.0 Å². The van der Waals surface area contributed by atoms with Crippen LogP contribution < -0.4 is 15.8 Å². The number of carbonyl (C=O) groups is 1. The topological polar surface area (TPSA) is 64.3 Å². The fourth-order valence-electron chi connectivity index (χ4n) is 1.80. The van der Waals surface area contributed by atoms with Crippen LogP contribution >= 0.6 is 23.2 Å². The number of ether oxygens (including phenoxy) is 1. The Bertz CT molecular complexity index is 654. The van der Waals surface area contributed by atoms with Crippen molar-refractivity contribution in [2.24, 2.45) is 0 Å². The summed E-state index contributed by atoms with van der Waals surface area (Å²) < 4.78 is 5.33. The number of anilines is 2. The molecular weight excluding hydrogens is 311 g/mol. The van der Waals surface area contributed by atoms with Crippen LogP contribution in [0.5, 0.6) is 5.75 Å². The fourth-order valence-corrected chi connectivity index (χ4v) is 2.28. The summed E-state index contributed by atoms with van der Waals surface area (Å²) >= 11 is 12.0. The van der Waals surface area contributed by atoms with Crippen molar-refractivity contribution in [3.8, 4) is 5.75 Å². The van der Waals surface area contributed by atoms with E-state index in [1.165, 1.54) is 0 Å². The van der Waals surface area contributed by atoms with E-state index in [9.17, 15) is 4.79 Å². The molecule has 2 aromatic carbocycles. The van der Waals surface area contributed by atoms with Gasteiger partial charge in [-0.15, -0.1) is 0 Å². The van der Waals surface area contributed by atoms with Crippen LogP contribution in [0.4, 0.5) is 11.4 Å². The molecular formula is C15H14Cl2N2O2. The fraction of sp³-hybridized carbons (Fsp3) is 0.133. The highest BCUT2D eigenvalue weighted by atomic mass is 35.5. The lowest BCUT2D eigenvalue weighted by Gasteiger charge is -2.09. The summed E-state index contributed by atoms with van der Waals surface area (Å²) in [5.74, 6) is 0.258. The zero-order chi connectivity index (χ0) is 15.4. The molecule has 0 aromatic heterocycles. The lowest BCUT2D eigenvalue weighted by molar-refractivity contribution is 0.102. The molecule has 3 N–H and O–H groups in total. The van der Waals surface area contributed by atoms with Crippen molar-refractivity contribution in [2.75, 3.05) is 17.7 Å². The summed E-state index contributed by atoms with van der Waals surface area (Å²) in [6.07, 6.45) is 0. The number of hydrogen-bond acceptors (Lipinski definition) is 3. The standard InChI is InChI=1S/C15H14Cl2N2O2/c1-2-21-14-4-3-12(8-13(14)17)19-15(20)9-5-10(16)7-11(18)6-9/h3-8H,2,18H2,1H3,(H,19,20). The average molecular weight is 325 g/mol. The molecule has 4 nitrogen and oxygen atoms in total. The Morgan fingerprint density at radius 2 is 2.00 bits per heavy atom. The first kappa shape index (κ1) is 15.5. The molecule has 0 aliphatic rings. The molecule has 0 bridgehead atoms. The molecule has 0 atom stereocenters. The lowest BCUT2D eigenvalue weighted by Crippen LogP contribution is -2.12. The van der Waals surface area contributed by atoms with Crippen molar-refractivity contribution in [2.45, 2.75) is 6.92 Å². The third-order valence-corrected chi connectivity index (χ3v) is 3.19. The number of benzene rings is 2. The summed E-state index contributed by atoms with van der Waals surface area (Å²) in [7, 11) is 0. The quantitative estimate of drug-likeness (QED) is 0.827. The normalized spacial score (nSPS) is 10.2. The van der Waals surface area contributed by atoms with Crippen molar-refractivity contribution >= 4 is 40.5 Å². The van der Waals surface area contributed by atoms with Gasteiger partial charge in [0.05, 0.1) is 11.6 Å². The Morgan fingerprint density at radius 3 is 2.62 bits per heavy atom. The van der Waals surface area contributed by atoms with Gasteiger partial charge < -0.3 is 15.8 Å². The predicted molar refractivity (Wildman–Crippen MR) is 86.4 cm³/mol. The molecule has 2 rings (SSSR count). The van der Waals surface area contributed by atoms with Gasteiger partial charge in [-0.05, 0) is 43.3 Å². The van der Waals surface area contributed by atoms with E-state index < -0.39 is 0 Å². The van der Waals surface area contributed by atoms with Gasteiger partial charge in [-0.2, -0.15) is 0 Å². The molecule has 0 unspecified atom stereocenters. The molecule has 0 radical (unpaired) electrons. The van der Waals surface area contributed by atoms with Crippen molar-refractivity contribution in [3.63, 3.8) is 0 Å². The molecule has 0 saturated heterocycles. The first-order chi connectivity index (χ1) is 9.99. The molecule has 21 heavy (non-hydrogen) atoms. The molecule has 0 aliphatic heterocycles. The van der Waals surface area contributed by atoms with Crippen LogP contribution in [-0.4, -0.2) is 12.5 Å². The van der Waals surface area contributed by atoms with Crippen LogP contribution in [0.15, 0.2) is 36.4 Å². The molecule has 0 spiro atoms. The lowest BCUT2D eigenvalue weighted by atomic mass is 10.2. The van der Waals surface area contributed by atoms with Gasteiger partial charge >= 0.3 is 0 Å². The molecule has 1 amide bonds. The van der Waals surface area contributed by atoms with Gasteiger partial charge in [-0.25, -0.2) is 0 Å². The number of nitrogens with one attached hydrogen (secondary N) is 1. The van der Waals surface area contributed by atoms with Gasteiger partial charge in [0.2, 0.25) is 0 Å². The number of rotatable bonds is 4. The Balaban J connectivity index is 2.17. The molecule has 2 aromatic rings. The SMILES string of the molecule is CCOc1ccc(NC(=O)c2cc(N)cc(Cl)c2)cc1Cl. The number of nitrogen functional groups attached to an aromatic ring is 1. The summed E-state index contributed by atoms with van der Waals surface area (Å²) in [5.41, 5.74) is 7.04. The number of halogens is 2. The smallest absolute Gasteiger partial charge is 0.255 e. The molecule has 6 heteroatoms. The van der Waals surface area contributed by atoms with Crippen LogP contribution in [-0.2, 0) is 0 Å². The van der Waals surface area contributed by atoms with Crippen molar-refractivity contribution in [1.82, 2.24) is 0 Å². The average Bonchev–Trinajstić information content (AvgIpc) is 2.41. The molecule has 0 fully saturated rings. The van der Waals surface area contributed by atoms with Crippen LogP contribution in [0.3, 0.4) is 0 Å². The maximum absolute atomic E-state index is 12.1. The second kappa shape index (κ2) is 6.70. The number of nitrogens with two attached hydrogens (primary N) is 1. The molecule has 0 heterocycles. The van der Waals surface area contributed by atoms with Crippen LogP contribution in [0.25, 0.3) is 0 Å². The number of amides is 1. The first-order valence-corrected chi connectivity index (χ1v) is 7.05. The zero-order valence-corrected chi connectivity index (χ0v) is 12.8. The Hall–Kier alpha value is -1.91. The monoisotopic (exact) mass is 324 g/mol. The Kier molecular flexibility index (Phi) is 4.94. The van der Waals surface area contributed by atoms with Gasteiger partial charge in [0.15, 0.2) is 0 Å². The van der Waals surface area contributed by atoms with E-state index in [2.05, 4.69) is 5.32 Å². The third-order valence-electron chi connectivity index (χ3n) is 2.67. The van der Waals surface area contributed by atoms with Gasteiger partial charge in [0, 0.05) is 22.0 Å². The highest BCUT2D eigenvalue weighted by Crippen LogP contribution is 2.28. The predicted octanol–water partition coefficient (Wildman–Crippen LogP) is 4.23. The van der Waals surface area contributed by atoms with E-state index in [-0.39, 0.29) is 5.91 Å². The van der Waals surface area contributed by atoms with Gasteiger partial charge in [-0.3, -0.25) is 4.79 Å². The largest absolute Gasteiger partial charge is 0.492 e. The van der Waals surface area contributed by atoms with Crippen molar-refractivity contribution in [3.05, 3.63) is 52.0 Å². The molecule has 0 saturated carbocycles. The Morgan fingerprint density at radius 1 is 1.24 bits per heavy atom. The van der Waals surface area contributed by atoms with Crippen molar-refractivity contribution in [1.29, 1.82) is 0 Å². The van der Waals surface area contributed by atoms with E-state index in [1.54, 1.807) is 36.4 Å². The highest BCUT2D eigenvalue weighted by molar-refractivity contribution is 6.32. The van der Waals surface area contributed by atoms with E-state index >= 15 is 0 Å². The minimum absolute atomic E-state index is 0.315. The second-order valence-electron chi connectivity index (χ2n) is 4.31. The summed E-state index contributed by atoms with van der Waals surface area (Å²) in [4.78, 5) is 12.1.